The van der Waals surface area contributed by atoms with Gasteiger partial charge in [-0.15, -0.1) is 11.3 Å². The largest absolute Gasteiger partial charge is 0.452 e. The molecule has 2 heterocycles. The minimum atomic E-state index is -0.716. The Balaban J connectivity index is 1.60. The minimum Gasteiger partial charge on any atom is -0.452 e. The van der Waals surface area contributed by atoms with Crippen molar-refractivity contribution in [3.63, 3.8) is 0 Å². The van der Waals surface area contributed by atoms with E-state index in [1.54, 1.807) is 19.1 Å². The maximum Gasteiger partial charge on any atom is 0.361 e. The van der Waals surface area contributed by atoms with Crippen LogP contribution in [0.15, 0.2) is 46.9 Å². The van der Waals surface area contributed by atoms with Crippen molar-refractivity contribution in [2.45, 2.75) is 20.4 Å². The Labute approximate surface area is 165 Å². The van der Waals surface area contributed by atoms with Crippen molar-refractivity contribution in [2.24, 2.45) is 0 Å². The summed E-state index contributed by atoms with van der Waals surface area (Å²) in [5.74, 6) is -0.543. The molecule has 144 valence electrons. The van der Waals surface area contributed by atoms with Gasteiger partial charge in [-0.25, -0.2) is 9.78 Å². The summed E-state index contributed by atoms with van der Waals surface area (Å²) in [5, 5.41) is 2.66. The molecule has 0 spiro atoms. The minimum absolute atomic E-state index is 0.0455. The normalized spacial score (nSPS) is 10.5. The molecule has 0 aliphatic heterocycles. The third-order valence-corrected chi connectivity index (χ3v) is 4.92. The second-order valence-corrected chi connectivity index (χ2v) is 7.13. The SMILES string of the molecule is CC(=O)NCc1ccc(C(=O)COC(=O)c2nc(-c3ccccc3)oc2C)s1. The van der Waals surface area contributed by atoms with Crippen LogP contribution in [0.4, 0.5) is 0 Å². The number of nitrogens with zero attached hydrogens (tertiary/aromatic N) is 1. The van der Waals surface area contributed by atoms with Crippen molar-refractivity contribution in [3.05, 3.63) is 63.7 Å². The van der Waals surface area contributed by atoms with Crippen LogP contribution in [0.5, 0.6) is 0 Å². The maximum absolute atomic E-state index is 12.3. The molecule has 8 heteroatoms. The van der Waals surface area contributed by atoms with Gasteiger partial charge in [0.1, 0.15) is 5.76 Å². The standard InChI is InChI=1S/C20H18N2O5S/c1-12-18(22-19(27-12)14-6-4-3-5-7-14)20(25)26-11-16(24)17-9-8-15(28-17)10-21-13(2)23/h3-9H,10-11H2,1-2H3,(H,21,23). The van der Waals surface area contributed by atoms with E-state index in [2.05, 4.69) is 10.3 Å². The molecule has 0 fully saturated rings. The van der Waals surface area contributed by atoms with E-state index in [0.717, 1.165) is 10.4 Å². The first-order valence-corrected chi connectivity index (χ1v) is 9.32. The number of amides is 1. The van der Waals surface area contributed by atoms with E-state index >= 15 is 0 Å². The summed E-state index contributed by atoms with van der Waals surface area (Å²) in [7, 11) is 0. The van der Waals surface area contributed by atoms with Gasteiger partial charge in [-0.2, -0.15) is 0 Å². The molecule has 7 nitrogen and oxygen atoms in total. The van der Waals surface area contributed by atoms with Crippen LogP contribution in [0.25, 0.3) is 11.5 Å². The van der Waals surface area contributed by atoms with Gasteiger partial charge in [0, 0.05) is 17.4 Å². The topological polar surface area (TPSA) is 98.5 Å². The van der Waals surface area contributed by atoms with Gasteiger partial charge >= 0.3 is 5.97 Å². The number of oxazole rings is 1. The number of Topliss-reactive ketones (excluding diaryl/α,β-unsaturated/α-hetero) is 1. The summed E-state index contributed by atoms with van der Waals surface area (Å²) in [5.41, 5.74) is 0.787. The average Bonchev–Trinajstić information content (AvgIpc) is 3.32. The molecule has 0 radical (unpaired) electrons. The highest BCUT2D eigenvalue weighted by Gasteiger charge is 2.21. The number of ether oxygens (including phenoxy) is 1. The molecule has 28 heavy (non-hydrogen) atoms. The summed E-state index contributed by atoms with van der Waals surface area (Å²) in [4.78, 5) is 41.0. The first kappa shape index (κ1) is 19.5. The highest BCUT2D eigenvalue weighted by Crippen LogP contribution is 2.22. The summed E-state index contributed by atoms with van der Waals surface area (Å²) in [6.07, 6.45) is 0. The molecule has 0 saturated carbocycles. The quantitative estimate of drug-likeness (QED) is 0.484. The lowest BCUT2D eigenvalue weighted by Gasteiger charge is -2.01. The molecule has 0 atom stereocenters. The maximum atomic E-state index is 12.3. The Bertz CT molecular complexity index is 1010. The molecule has 0 aliphatic rings. The fraction of sp³-hybridized carbons (Fsp3) is 0.200. The van der Waals surface area contributed by atoms with Crippen molar-refractivity contribution < 1.29 is 23.5 Å². The third kappa shape index (κ3) is 4.72. The second-order valence-electron chi connectivity index (χ2n) is 5.96. The molecule has 0 aliphatic carbocycles. The lowest BCUT2D eigenvalue weighted by molar-refractivity contribution is -0.119. The van der Waals surface area contributed by atoms with E-state index < -0.39 is 12.6 Å². The summed E-state index contributed by atoms with van der Waals surface area (Å²) < 4.78 is 10.6. The van der Waals surface area contributed by atoms with Crippen LogP contribution in [-0.4, -0.2) is 29.3 Å². The number of carbonyl (C=O) groups is 3. The van der Waals surface area contributed by atoms with E-state index in [4.69, 9.17) is 9.15 Å². The number of ketones is 1. The molecule has 0 bridgehead atoms. The second kappa shape index (κ2) is 8.62. The molecule has 0 saturated heterocycles. The van der Waals surface area contributed by atoms with Gasteiger partial charge in [-0.1, -0.05) is 18.2 Å². The highest BCUT2D eigenvalue weighted by atomic mass is 32.1. The zero-order chi connectivity index (χ0) is 20.1. The van der Waals surface area contributed by atoms with Gasteiger partial charge in [0.05, 0.1) is 11.4 Å². The van der Waals surface area contributed by atoms with Gasteiger partial charge in [0.2, 0.25) is 17.6 Å². The Morgan fingerprint density at radius 1 is 1.14 bits per heavy atom. The lowest BCUT2D eigenvalue weighted by atomic mass is 10.2. The number of aryl methyl sites for hydroxylation is 1. The lowest BCUT2D eigenvalue weighted by Crippen LogP contribution is -2.18. The van der Waals surface area contributed by atoms with Gasteiger partial charge in [-0.3, -0.25) is 9.59 Å². The molecular weight excluding hydrogens is 380 g/mol. The van der Waals surface area contributed by atoms with Crippen LogP contribution in [-0.2, 0) is 16.1 Å². The molecule has 3 aromatic rings. The molecule has 0 unspecified atom stereocenters. The first-order chi connectivity index (χ1) is 13.4. The number of hydrogen-bond donors (Lipinski definition) is 1. The van der Waals surface area contributed by atoms with E-state index in [1.165, 1.54) is 18.3 Å². The zero-order valence-corrected chi connectivity index (χ0v) is 16.2. The third-order valence-electron chi connectivity index (χ3n) is 3.79. The highest BCUT2D eigenvalue weighted by molar-refractivity contribution is 7.14. The molecule has 1 N–H and O–H groups in total. The molecule has 1 amide bonds. The van der Waals surface area contributed by atoms with Crippen LogP contribution in [0.3, 0.4) is 0 Å². The number of carbonyl (C=O) groups excluding carboxylic acids is 3. The van der Waals surface area contributed by atoms with Gasteiger partial charge in [-0.05, 0) is 31.2 Å². The Kier molecular flexibility index (Phi) is 6.00. The van der Waals surface area contributed by atoms with E-state index in [9.17, 15) is 14.4 Å². The number of benzene rings is 1. The number of thiophene rings is 1. The van der Waals surface area contributed by atoms with E-state index in [-0.39, 0.29) is 17.4 Å². The van der Waals surface area contributed by atoms with Crippen molar-refractivity contribution >= 4 is 29.0 Å². The Morgan fingerprint density at radius 3 is 2.61 bits per heavy atom. The van der Waals surface area contributed by atoms with Crippen LogP contribution in [0.1, 0.15) is 37.7 Å². The number of hydrogen-bond acceptors (Lipinski definition) is 7. The fourth-order valence-electron chi connectivity index (χ4n) is 2.39. The van der Waals surface area contributed by atoms with Crippen LogP contribution in [0, 0.1) is 6.92 Å². The van der Waals surface area contributed by atoms with Crippen molar-refractivity contribution in [2.75, 3.05) is 6.61 Å². The monoisotopic (exact) mass is 398 g/mol. The van der Waals surface area contributed by atoms with Crippen molar-refractivity contribution in [1.82, 2.24) is 10.3 Å². The van der Waals surface area contributed by atoms with Gasteiger partial charge in [0.15, 0.2) is 12.3 Å². The predicted octanol–water partition coefficient (Wildman–Crippen LogP) is 3.39. The number of rotatable bonds is 7. The number of nitrogens with one attached hydrogen (secondary N) is 1. The first-order valence-electron chi connectivity index (χ1n) is 8.50. The van der Waals surface area contributed by atoms with Crippen molar-refractivity contribution in [1.29, 1.82) is 0 Å². The van der Waals surface area contributed by atoms with E-state index in [0.29, 0.717) is 23.1 Å². The van der Waals surface area contributed by atoms with Crippen LogP contribution < -0.4 is 5.32 Å². The van der Waals surface area contributed by atoms with E-state index in [1.807, 2.05) is 30.3 Å². The molecule has 2 aromatic heterocycles. The van der Waals surface area contributed by atoms with Gasteiger partial charge in [0.25, 0.3) is 0 Å². The molecule has 1 aromatic carbocycles. The zero-order valence-electron chi connectivity index (χ0n) is 15.4. The van der Waals surface area contributed by atoms with Crippen LogP contribution >= 0.6 is 11.3 Å². The number of aromatic nitrogens is 1. The fourth-order valence-corrected chi connectivity index (χ4v) is 3.27. The summed E-state index contributed by atoms with van der Waals surface area (Å²) >= 11 is 1.25. The number of esters is 1. The predicted molar refractivity (Wildman–Crippen MR) is 103 cm³/mol. The van der Waals surface area contributed by atoms with Gasteiger partial charge < -0.3 is 14.5 Å². The Morgan fingerprint density at radius 2 is 1.89 bits per heavy atom. The van der Waals surface area contributed by atoms with Crippen molar-refractivity contribution in [3.8, 4) is 11.5 Å². The molecule has 3 rings (SSSR count). The van der Waals surface area contributed by atoms with Crippen LogP contribution in [0.2, 0.25) is 0 Å². The summed E-state index contributed by atoms with van der Waals surface area (Å²) in [6.45, 7) is 3.00. The Hall–Kier alpha value is -3.26. The molecular formula is C20H18N2O5S. The average molecular weight is 398 g/mol. The smallest absolute Gasteiger partial charge is 0.361 e. The summed E-state index contributed by atoms with van der Waals surface area (Å²) in [6, 6.07) is 12.6.